The molecule has 0 aromatic carbocycles. The van der Waals surface area contributed by atoms with E-state index in [9.17, 15) is 4.79 Å². The van der Waals surface area contributed by atoms with Gasteiger partial charge < -0.3 is 9.52 Å². The lowest BCUT2D eigenvalue weighted by molar-refractivity contribution is 0.0658. The van der Waals surface area contributed by atoms with Crippen LogP contribution in [0.5, 0.6) is 0 Å². The van der Waals surface area contributed by atoms with E-state index in [1.807, 2.05) is 27.7 Å². The van der Waals surface area contributed by atoms with Gasteiger partial charge in [-0.2, -0.15) is 0 Å². The molecule has 1 unspecified atom stereocenters. The summed E-state index contributed by atoms with van der Waals surface area (Å²) < 4.78 is 5.32. The second kappa shape index (κ2) is 5.14. The summed E-state index contributed by atoms with van der Waals surface area (Å²) in [5.41, 5.74) is 0.567. The zero-order chi connectivity index (χ0) is 12.3. The summed E-state index contributed by atoms with van der Waals surface area (Å²) in [6.07, 6.45) is 1.53. The molecule has 0 bridgehead atoms. The molecule has 0 aliphatic carbocycles. The van der Waals surface area contributed by atoms with E-state index in [1.54, 1.807) is 0 Å². The normalized spacial score (nSPS) is 13.1. The maximum atomic E-state index is 11.0. The maximum Gasteiger partial charge on any atom is 0.373 e. The van der Waals surface area contributed by atoms with Gasteiger partial charge in [-0.1, -0.05) is 27.7 Å². The summed E-state index contributed by atoms with van der Waals surface area (Å²) in [4.78, 5) is 15.3. The Balaban J connectivity index is 3.04. The summed E-state index contributed by atoms with van der Waals surface area (Å²) in [5.74, 6) is 0.0456. The molecule has 1 aromatic heterocycles. The van der Waals surface area contributed by atoms with Gasteiger partial charge in [-0.05, 0) is 18.8 Å². The third-order valence-corrected chi connectivity index (χ3v) is 2.54. The van der Waals surface area contributed by atoms with Crippen LogP contribution < -0.4 is 0 Å². The summed E-state index contributed by atoms with van der Waals surface area (Å²) in [5, 5.41) is 9.01. The molecule has 4 nitrogen and oxygen atoms in total. The summed E-state index contributed by atoms with van der Waals surface area (Å²) in [7, 11) is 0. The largest absolute Gasteiger partial charge is 0.475 e. The van der Waals surface area contributed by atoms with Crippen molar-refractivity contribution in [3.63, 3.8) is 0 Å². The molecule has 0 saturated carbocycles. The predicted molar refractivity (Wildman–Crippen MR) is 60.7 cm³/mol. The zero-order valence-corrected chi connectivity index (χ0v) is 10.3. The first-order chi connectivity index (χ1) is 7.45. The highest BCUT2D eigenvalue weighted by Crippen LogP contribution is 2.22. The second-order valence-electron chi connectivity index (χ2n) is 4.54. The molecule has 90 valence electrons. The Kier molecular flexibility index (Phi) is 4.10. The topological polar surface area (TPSA) is 63.3 Å². The number of carboxylic acid groups (broad SMARTS) is 1. The zero-order valence-electron chi connectivity index (χ0n) is 10.3. The first-order valence-corrected chi connectivity index (χ1v) is 5.68. The molecule has 0 aliphatic rings. The van der Waals surface area contributed by atoms with Crippen molar-refractivity contribution in [1.29, 1.82) is 0 Å². The highest BCUT2D eigenvalue weighted by atomic mass is 16.4. The molecular formula is C12H19NO3. The fraction of sp³-hybridized carbons (Fsp3) is 0.667. The van der Waals surface area contributed by atoms with Crippen LogP contribution in [0.3, 0.4) is 0 Å². The van der Waals surface area contributed by atoms with Crippen molar-refractivity contribution < 1.29 is 14.3 Å². The highest BCUT2D eigenvalue weighted by Gasteiger charge is 2.22. The minimum absolute atomic E-state index is 0.00370. The van der Waals surface area contributed by atoms with Crippen LogP contribution in [0.2, 0.25) is 0 Å². The molecule has 0 amide bonds. The van der Waals surface area contributed by atoms with Crippen LogP contribution in [-0.2, 0) is 6.42 Å². The molecule has 1 heterocycles. The molecule has 1 N–H and O–H groups in total. The molecule has 1 atom stereocenters. The minimum atomic E-state index is -1.03. The van der Waals surface area contributed by atoms with Crippen LogP contribution in [-0.4, -0.2) is 16.1 Å². The number of nitrogens with zero attached hydrogens (tertiary/aromatic N) is 1. The van der Waals surface area contributed by atoms with Gasteiger partial charge in [0.1, 0.15) is 0 Å². The van der Waals surface area contributed by atoms with E-state index in [0.717, 1.165) is 6.42 Å². The van der Waals surface area contributed by atoms with E-state index >= 15 is 0 Å². The van der Waals surface area contributed by atoms with Gasteiger partial charge in [0.15, 0.2) is 5.89 Å². The molecule has 16 heavy (non-hydrogen) atoms. The van der Waals surface area contributed by atoms with Crippen LogP contribution in [0.25, 0.3) is 0 Å². The number of carboxylic acids is 1. The number of aromatic carboxylic acids is 1. The lowest BCUT2D eigenvalue weighted by atomic mass is 10.1. The van der Waals surface area contributed by atoms with E-state index in [0.29, 0.717) is 23.9 Å². The monoisotopic (exact) mass is 225 g/mol. The van der Waals surface area contributed by atoms with Gasteiger partial charge in [-0.3, -0.25) is 0 Å². The molecule has 0 radical (unpaired) electrons. The molecule has 0 aliphatic heterocycles. The molecule has 0 fully saturated rings. The number of hydrogen-bond donors (Lipinski definition) is 1. The van der Waals surface area contributed by atoms with Crippen LogP contribution in [0.15, 0.2) is 4.42 Å². The Bertz CT molecular complexity index is 368. The van der Waals surface area contributed by atoms with E-state index in [-0.39, 0.29) is 11.7 Å². The first-order valence-electron chi connectivity index (χ1n) is 5.68. The number of hydrogen-bond acceptors (Lipinski definition) is 3. The Morgan fingerprint density at radius 3 is 2.50 bits per heavy atom. The third kappa shape index (κ3) is 2.84. The SMILES string of the molecule is CCC(C)c1nc(CC(C)C)c(C(=O)O)o1. The third-order valence-electron chi connectivity index (χ3n) is 2.54. The van der Waals surface area contributed by atoms with Crippen molar-refractivity contribution in [3.05, 3.63) is 17.3 Å². The average Bonchev–Trinajstić information content (AvgIpc) is 2.59. The van der Waals surface area contributed by atoms with Crippen molar-refractivity contribution in [2.45, 2.75) is 46.5 Å². The van der Waals surface area contributed by atoms with Gasteiger partial charge in [-0.15, -0.1) is 0 Å². The van der Waals surface area contributed by atoms with Crippen molar-refractivity contribution in [2.75, 3.05) is 0 Å². The van der Waals surface area contributed by atoms with E-state index in [4.69, 9.17) is 9.52 Å². The lowest BCUT2D eigenvalue weighted by Gasteiger charge is -2.01. The Morgan fingerprint density at radius 1 is 1.44 bits per heavy atom. The Morgan fingerprint density at radius 2 is 2.06 bits per heavy atom. The fourth-order valence-electron chi connectivity index (χ4n) is 1.45. The standard InChI is InChI=1S/C12H19NO3/c1-5-8(4)11-13-9(6-7(2)3)10(16-11)12(14)15/h7-8H,5-6H2,1-4H3,(H,14,15). The fourth-order valence-corrected chi connectivity index (χ4v) is 1.45. The van der Waals surface area contributed by atoms with Crippen molar-refractivity contribution in [1.82, 2.24) is 4.98 Å². The summed E-state index contributed by atoms with van der Waals surface area (Å²) in [6.45, 7) is 8.07. The van der Waals surface area contributed by atoms with Gasteiger partial charge in [0.05, 0.1) is 5.69 Å². The molecule has 0 spiro atoms. The quantitative estimate of drug-likeness (QED) is 0.836. The van der Waals surface area contributed by atoms with Crippen molar-refractivity contribution in [2.24, 2.45) is 5.92 Å². The summed E-state index contributed by atoms with van der Waals surface area (Å²) >= 11 is 0. The van der Waals surface area contributed by atoms with Gasteiger partial charge >= 0.3 is 5.97 Å². The molecular weight excluding hydrogens is 206 g/mol. The van der Waals surface area contributed by atoms with Gasteiger partial charge in [0.2, 0.25) is 5.76 Å². The molecule has 0 saturated heterocycles. The first kappa shape index (κ1) is 12.7. The second-order valence-corrected chi connectivity index (χ2v) is 4.54. The van der Waals surface area contributed by atoms with Crippen LogP contribution in [0, 0.1) is 5.92 Å². The Hall–Kier alpha value is -1.32. The van der Waals surface area contributed by atoms with Gasteiger partial charge in [0, 0.05) is 5.92 Å². The van der Waals surface area contributed by atoms with E-state index in [1.165, 1.54) is 0 Å². The maximum absolute atomic E-state index is 11.0. The number of oxazole rings is 1. The smallest absolute Gasteiger partial charge is 0.373 e. The van der Waals surface area contributed by atoms with Crippen LogP contribution in [0.1, 0.15) is 62.2 Å². The molecule has 1 rings (SSSR count). The average molecular weight is 225 g/mol. The van der Waals surface area contributed by atoms with E-state index in [2.05, 4.69) is 4.98 Å². The number of carbonyl (C=O) groups is 1. The van der Waals surface area contributed by atoms with Gasteiger partial charge in [-0.25, -0.2) is 9.78 Å². The lowest BCUT2D eigenvalue weighted by Crippen LogP contribution is -2.03. The Labute approximate surface area is 95.7 Å². The molecule has 1 aromatic rings. The number of aromatic nitrogens is 1. The van der Waals surface area contributed by atoms with E-state index < -0.39 is 5.97 Å². The summed E-state index contributed by atoms with van der Waals surface area (Å²) in [6, 6.07) is 0. The molecule has 4 heteroatoms. The number of rotatable bonds is 5. The highest BCUT2D eigenvalue weighted by molar-refractivity contribution is 5.85. The minimum Gasteiger partial charge on any atom is -0.475 e. The van der Waals surface area contributed by atoms with Crippen molar-refractivity contribution in [3.8, 4) is 0 Å². The van der Waals surface area contributed by atoms with Gasteiger partial charge in [0.25, 0.3) is 0 Å². The van der Waals surface area contributed by atoms with Crippen LogP contribution in [0.4, 0.5) is 0 Å². The van der Waals surface area contributed by atoms with Crippen LogP contribution >= 0.6 is 0 Å². The van der Waals surface area contributed by atoms with Crippen molar-refractivity contribution >= 4 is 5.97 Å². The predicted octanol–water partition coefficient (Wildman–Crippen LogP) is 3.08.